The highest BCUT2D eigenvalue weighted by molar-refractivity contribution is 6.33. The Bertz CT molecular complexity index is 504. The van der Waals surface area contributed by atoms with Crippen LogP contribution < -0.4 is 5.32 Å². The van der Waals surface area contributed by atoms with E-state index in [1.807, 2.05) is 4.90 Å². The molecule has 0 unspecified atom stereocenters. The molecule has 1 saturated heterocycles. The second kappa shape index (κ2) is 6.44. The number of carbonyl (C=O) groups is 1. The summed E-state index contributed by atoms with van der Waals surface area (Å²) in [7, 11) is 0. The predicted octanol–water partition coefficient (Wildman–Crippen LogP) is 2.64. The average molecular weight is 278 g/mol. The van der Waals surface area contributed by atoms with Crippen LogP contribution in [-0.2, 0) is 4.79 Å². The van der Waals surface area contributed by atoms with Crippen molar-refractivity contribution in [3.05, 3.63) is 28.8 Å². The van der Waals surface area contributed by atoms with E-state index >= 15 is 0 Å². The first-order valence-corrected chi connectivity index (χ1v) is 6.80. The first-order valence-electron chi connectivity index (χ1n) is 6.42. The van der Waals surface area contributed by atoms with E-state index in [9.17, 15) is 4.79 Å². The maximum Gasteiger partial charge on any atom is 0.241 e. The van der Waals surface area contributed by atoms with Gasteiger partial charge >= 0.3 is 0 Å². The lowest BCUT2D eigenvalue weighted by Crippen LogP contribution is -2.39. The maximum atomic E-state index is 12.0. The number of nitrogens with zero attached hydrogens (tertiary/aromatic N) is 2. The molecule has 2 rings (SSSR count). The molecule has 1 heterocycles. The van der Waals surface area contributed by atoms with Gasteiger partial charge in [-0.15, -0.1) is 0 Å². The van der Waals surface area contributed by atoms with E-state index in [1.54, 1.807) is 18.2 Å². The van der Waals surface area contributed by atoms with Crippen LogP contribution in [0.3, 0.4) is 0 Å². The summed E-state index contributed by atoms with van der Waals surface area (Å²) in [6.07, 6.45) is 3.36. The number of benzene rings is 1. The van der Waals surface area contributed by atoms with Crippen molar-refractivity contribution in [1.82, 2.24) is 4.90 Å². The summed E-state index contributed by atoms with van der Waals surface area (Å²) in [5.74, 6) is 0.0816. The van der Waals surface area contributed by atoms with E-state index in [1.165, 1.54) is 6.42 Å². The van der Waals surface area contributed by atoms with Crippen molar-refractivity contribution in [2.45, 2.75) is 19.3 Å². The fourth-order valence-corrected chi connectivity index (χ4v) is 2.34. The number of carbonyl (C=O) groups excluding carboxylic acids is 1. The molecule has 0 aliphatic carbocycles. The lowest BCUT2D eigenvalue weighted by Gasteiger charge is -2.27. The number of hydrogen-bond acceptors (Lipinski definition) is 3. The van der Waals surface area contributed by atoms with Crippen LogP contribution in [0.4, 0.5) is 5.69 Å². The molecule has 1 amide bonds. The zero-order valence-corrected chi connectivity index (χ0v) is 11.4. The second-order valence-corrected chi connectivity index (χ2v) is 5.01. The number of rotatable bonds is 3. The van der Waals surface area contributed by atoms with Gasteiger partial charge < -0.3 is 10.2 Å². The number of amides is 1. The largest absolute Gasteiger partial charge is 0.375 e. The van der Waals surface area contributed by atoms with Gasteiger partial charge in [-0.25, -0.2) is 0 Å². The molecule has 1 aliphatic heterocycles. The number of halogens is 1. The van der Waals surface area contributed by atoms with Gasteiger partial charge in [0.05, 0.1) is 28.9 Å². The van der Waals surface area contributed by atoms with Gasteiger partial charge in [-0.3, -0.25) is 4.79 Å². The molecular weight excluding hydrogens is 262 g/mol. The maximum absolute atomic E-state index is 12.0. The molecule has 0 aromatic heterocycles. The number of piperidine rings is 1. The van der Waals surface area contributed by atoms with E-state index in [0.29, 0.717) is 16.3 Å². The molecule has 0 saturated carbocycles. The molecule has 100 valence electrons. The Balaban J connectivity index is 1.94. The summed E-state index contributed by atoms with van der Waals surface area (Å²) in [6.45, 7) is 1.90. The molecule has 1 aromatic rings. The second-order valence-electron chi connectivity index (χ2n) is 4.60. The minimum atomic E-state index is 0.0816. The van der Waals surface area contributed by atoms with Gasteiger partial charge in [0.1, 0.15) is 0 Å². The molecule has 1 aliphatic rings. The van der Waals surface area contributed by atoms with Crippen LogP contribution in [0.1, 0.15) is 24.8 Å². The minimum absolute atomic E-state index is 0.0816. The number of likely N-dealkylation sites (tertiary alicyclic amines) is 1. The Labute approximate surface area is 118 Å². The number of anilines is 1. The normalized spacial score (nSPS) is 14.8. The number of nitriles is 1. The lowest BCUT2D eigenvalue weighted by molar-refractivity contribution is -0.130. The summed E-state index contributed by atoms with van der Waals surface area (Å²) in [5.41, 5.74) is 1.16. The van der Waals surface area contributed by atoms with E-state index in [-0.39, 0.29) is 12.5 Å². The van der Waals surface area contributed by atoms with Crippen LogP contribution in [0, 0.1) is 11.3 Å². The zero-order chi connectivity index (χ0) is 13.7. The Morgan fingerprint density at radius 2 is 2.11 bits per heavy atom. The smallest absolute Gasteiger partial charge is 0.241 e. The van der Waals surface area contributed by atoms with E-state index < -0.39 is 0 Å². The highest BCUT2D eigenvalue weighted by atomic mass is 35.5. The van der Waals surface area contributed by atoms with Gasteiger partial charge in [0, 0.05) is 13.1 Å². The fraction of sp³-hybridized carbons (Fsp3) is 0.429. The van der Waals surface area contributed by atoms with Crippen molar-refractivity contribution < 1.29 is 4.79 Å². The Morgan fingerprint density at radius 3 is 2.79 bits per heavy atom. The van der Waals surface area contributed by atoms with Crippen LogP contribution in [-0.4, -0.2) is 30.4 Å². The van der Waals surface area contributed by atoms with Gasteiger partial charge in [-0.2, -0.15) is 5.26 Å². The third kappa shape index (κ3) is 3.62. The van der Waals surface area contributed by atoms with Crippen LogP contribution in [0.25, 0.3) is 0 Å². The molecule has 1 aromatic carbocycles. The first-order chi connectivity index (χ1) is 9.20. The first kappa shape index (κ1) is 13.7. The molecule has 1 fully saturated rings. The standard InChI is InChI=1S/C14H16ClN3O/c15-12-5-4-11(9-16)8-13(12)17-10-14(19)18-6-2-1-3-7-18/h4-5,8,17H,1-3,6-7,10H2. The molecule has 1 N–H and O–H groups in total. The molecule has 0 radical (unpaired) electrons. The minimum Gasteiger partial charge on any atom is -0.375 e. The highest BCUT2D eigenvalue weighted by Crippen LogP contribution is 2.22. The Kier molecular flexibility index (Phi) is 4.64. The van der Waals surface area contributed by atoms with Gasteiger partial charge in [-0.05, 0) is 37.5 Å². The quantitative estimate of drug-likeness (QED) is 0.924. The number of nitrogens with one attached hydrogen (secondary N) is 1. The average Bonchev–Trinajstić information content (AvgIpc) is 2.47. The highest BCUT2D eigenvalue weighted by Gasteiger charge is 2.16. The monoisotopic (exact) mass is 277 g/mol. The van der Waals surface area contributed by atoms with E-state index in [2.05, 4.69) is 11.4 Å². The SMILES string of the molecule is N#Cc1ccc(Cl)c(NCC(=O)N2CCCCC2)c1. The lowest BCUT2D eigenvalue weighted by atomic mass is 10.1. The summed E-state index contributed by atoms with van der Waals surface area (Å²) in [4.78, 5) is 13.9. The third-order valence-electron chi connectivity index (χ3n) is 3.23. The van der Waals surface area contributed by atoms with E-state index in [4.69, 9.17) is 16.9 Å². The van der Waals surface area contributed by atoms with E-state index in [0.717, 1.165) is 25.9 Å². The summed E-state index contributed by atoms with van der Waals surface area (Å²) >= 11 is 6.03. The molecule has 19 heavy (non-hydrogen) atoms. The van der Waals surface area contributed by atoms with Crippen molar-refractivity contribution in [2.24, 2.45) is 0 Å². The number of hydrogen-bond donors (Lipinski definition) is 1. The van der Waals surface area contributed by atoms with Gasteiger partial charge in [0.25, 0.3) is 0 Å². The van der Waals surface area contributed by atoms with Crippen LogP contribution in [0.15, 0.2) is 18.2 Å². The van der Waals surface area contributed by atoms with Crippen LogP contribution in [0.5, 0.6) is 0 Å². The van der Waals surface area contributed by atoms with Crippen molar-refractivity contribution >= 4 is 23.2 Å². The van der Waals surface area contributed by atoms with Gasteiger partial charge in [0.2, 0.25) is 5.91 Å². The predicted molar refractivity (Wildman–Crippen MR) is 75.1 cm³/mol. The Morgan fingerprint density at radius 1 is 1.37 bits per heavy atom. The van der Waals surface area contributed by atoms with Crippen molar-refractivity contribution in [3.8, 4) is 6.07 Å². The summed E-state index contributed by atoms with van der Waals surface area (Å²) < 4.78 is 0. The third-order valence-corrected chi connectivity index (χ3v) is 3.56. The molecule has 0 bridgehead atoms. The molecule has 0 spiro atoms. The van der Waals surface area contributed by atoms with Crippen LogP contribution >= 0.6 is 11.6 Å². The topological polar surface area (TPSA) is 56.1 Å². The molecular formula is C14H16ClN3O. The zero-order valence-electron chi connectivity index (χ0n) is 10.7. The molecule has 0 atom stereocenters. The molecule has 4 nitrogen and oxygen atoms in total. The van der Waals surface area contributed by atoms with Crippen molar-refractivity contribution in [3.63, 3.8) is 0 Å². The van der Waals surface area contributed by atoms with Crippen molar-refractivity contribution in [1.29, 1.82) is 5.26 Å². The summed E-state index contributed by atoms with van der Waals surface area (Å²) in [6, 6.07) is 7.02. The summed E-state index contributed by atoms with van der Waals surface area (Å²) in [5, 5.41) is 12.4. The van der Waals surface area contributed by atoms with Gasteiger partial charge in [-0.1, -0.05) is 11.6 Å². The van der Waals surface area contributed by atoms with Crippen LogP contribution in [0.2, 0.25) is 5.02 Å². The Hall–Kier alpha value is -1.73. The fourth-order valence-electron chi connectivity index (χ4n) is 2.16. The van der Waals surface area contributed by atoms with Gasteiger partial charge in [0.15, 0.2) is 0 Å². The molecule has 5 heteroatoms. The van der Waals surface area contributed by atoms with Crippen molar-refractivity contribution in [2.75, 3.05) is 25.0 Å².